The Labute approximate surface area is 79.3 Å². The van der Waals surface area contributed by atoms with Crippen LogP contribution in [0.5, 0.6) is 0 Å². The summed E-state index contributed by atoms with van der Waals surface area (Å²) in [4.78, 5) is 0. The first kappa shape index (κ1) is 9.44. The van der Waals surface area contributed by atoms with E-state index in [4.69, 9.17) is 10.5 Å². The van der Waals surface area contributed by atoms with E-state index in [1.165, 1.54) is 0 Å². The van der Waals surface area contributed by atoms with Crippen LogP contribution in [0.3, 0.4) is 0 Å². The van der Waals surface area contributed by atoms with Crippen LogP contribution in [0.15, 0.2) is 0 Å². The fourth-order valence-electron chi connectivity index (χ4n) is 2.51. The molecule has 2 rings (SSSR count). The Morgan fingerprint density at radius 2 is 1.92 bits per heavy atom. The quantitative estimate of drug-likeness (QED) is 0.631. The van der Waals surface area contributed by atoms with Crippen LogP contribution in [0.4, 0.5) is 0 Å². The van der Waals surface area contributed by atoms with Crippen LogP contribution < -0.4 is 5.73 Å². The van der Waals surface area contributed by atoms with Crippen molar-refractivity contribution in [1.29, 1.82) is 0 Å². The van der Waals surface area contributed by atoms with E-state index < -0.39 is 5.60 Å². The highest BCUT2D eigenvalue weighted by Crippen LogP contribution is 2.37. The summed E-state index contributed by atoms with van der Waals surface area (Å²) in [5.74, 6) is 0.361. The molecular weight excluding hydrogens is 166 g/mol. The van der Waals surface area contributed by atoms with Crippen LogP contribution in [0.2, 0.25) is 0 Å². The molecule has 0 spiro atoms. The van der Waals surface area contributed by atoms with E-state index in [1.54, 1.807) is 0 Å². The van der Waals surface area contributed by atoms with E-state index in [0.29, 0.717) is 12.0 Å². The van der Waals surface area contributed by atoms with Gasteiger partial charge in [0.05, 0.1) is 12.2 Å². The van der Waals surface area contributed by atoms with Gasteiger partial charge in [0.25, 0.3) is 0 Å². The minimum Gasteiger partial charge on any atom is -0.390 e. The molecule has 3 N–H and O–H groups in total. The Hall–Kier alpha value is -0.120. The first-order chi connectivity index (χ1) is 6.21. The Morgan fingerprint density at radius 3 is 2.46 bits per heavy atom. The van der Waals surface area contributed by atoms with Crippen molar-refractivity contribution in [3.05, 3.63) is 0 Å². The van der Waals surface area contributed by atoms with Crippen molar-refractivity contribution in [2.24, 2.45) is 11.7 Å². The lowest BCUT2D eigenvalue weighted by Gasteiger charge is -2.38. The number of aliphatic hydroxyl groups is 1. The van der Waals surface area contributed by atoms with Gasteiger partial charge in [-0.3, -0.25) is 0 Å². The van der Waals surface area contributed by atoms with Gasteiger partial charge in [-0.25, -0.2) is 0 Å². The zero-order chi connectivity index (χ0) is 9.31. The lowest BCUT2D eigenvalue weighted by Crippen LogP contribution is -2.44. The SMILES string of the molecule is NC1CCC(O)(C2CCOC2)CC1. The monoisotopic (exact) mass is 185 g/mol. The van der Waals surface area contributed by atoms with Crippen LogP contribution in [-0.2, 0) is 4.74 Å². The number of nitrogens with two attached hydrogens (primary N) is 1. The van der Waals surface area contributed by atoms with Gasteiger partial charge in [-0.1, -0.05) is 0 Å². The second kappa shape index (κ2) is 3.56. The smallest absolute Gasteiger partial charge is 0.0699 e. The van der Waals surface area contributed by atoms with Crippen molar-refractivity contribution in [2.75, 3.05) is 13.2 Å². The van der Waals surface area contributed by atoms with Crippen LogP contribution in [0.25, 0.3) is 0 Å². The van der Waals surface area contributed by atoms with Gasteiger partial charge in [0.1, 0.15) is 0 Å². The molecule has 1 heterocycles. The van der Waals surface area contributed by atoms with Gasteiger partial charge in [0.2, 0.25) is 0 Å². The number of ether oxygens (including phenoxy) is 1. The van der Waals surface area contributed by atoms with Crippen molar-refractivity contribution >= 4 is 0 Å². The second-order valence-electron chi connectivity index (χ2n) is 4.50. The van der Waals surface area contributed by atoms with Gasteiger partial charge in [-0.05, 0) is 32.1 Å². The van der Waals surface area contributed by atoms with Crippen molar-refractivity contribution < 1.29 is 9.84 Å². The van der Waals surface area contributed by atoms with Crippen molar-refractivity contribution in [2.45, 2.75) is 43.7 Å². The molecule has 1 saturated carbocycles. The molecule has 0 amide bonds. The Balaban J connectivity index is 1.95. The summed E-state index contributed by atoms with van der Waals surface area (Å²) in [6.07, 6.45) is 4.68. The Morgan fingerprint density at radius 1 is 1.23 bits per heavy atom. The third kappa shape index (κ3) is 1.87. The van der Waals surface area contributed by atoms with E-state index in [-0.39, 0.29) is 0 Å². The Bertz CT molecular complexity index is 170. The highest BCUT2D eigenvalue weighted by atomic mass is 16.5. The largest absolute Gasteiger partial charge is 0.390 e. The maximum absolute atomic E-state index is 10.4. The molecule has 0 aromatic rings. The third-order valence-corrected chi connectivity index (χ3v) is 3.59. The summed E-state index contributed by atoms with van der Waals surface area (Å²) in [7, 11) is 0. The lowest BCUT2D eigenvalue weighted by atomic mass is 9.74. The summed E-state index contributed by atoms with van der Waals surface area (Å²) in [6, 6.07) is 0.308. The number of rotatable bonds is 1. The molecule has 2 aliphatic rings. The molecule has 0 radical (unpaired) electrons. The molecule has 1 saturated heterocycles. The van der Waals surface area contributed by atoms with Gasteiger partial charge in [0, 0.05) is 18.6 Å². The van der Waals surface area contributed by atoms with Gasteiger partial charge in [-0.2, -0.15) is 0 Å². The molecule has 1 aliphatic heterocycles. The van der Waals surface area contributed by atoms with E-state index >= 15 is 0 Å². The first-order valence-corrected chi connectivity index (χ1v) is 5.26. The van der Waals surface area contributed by atoms with E-state index in [0.717, 1.165) is 45.3 Å². The summed E-state index contributed by atoms with van der Waals surface area (Å²) >= 11 is 0. The predicted molar refractivity (Wildman–Crippen MR) is 50.3 cm³/mol. The highest BCUT2D eigenvalue weighted by Gasteiger charge is 2.40. The van der Waals surface area contributed by atoms with Crippen LogP contribution in [-0.4, -0.2) is 30.0 Å². The minimum absolute atomic E-state index is 0.308. The summed E-state index contributed by atoms with van der Waals surface area (Å²) < 4.78 is 5.31. The highest BCUT2D eigenvalue weighted by molar-refractivity contribution is 4.93. The molecule has 0 bridgehead atoms. The second-order valence-corrected chi connectivity index (χ2v) is 4.50. The molecule has 13 heavy (non-hydrogen) atoms. The third-order valence-electron chi connectivity index (χ3n) is 3.59. The van der Waals surface area contributed by atoms with Crippen LogP contribution in [0.1, 0.15) is 32.1 Å². The standard InChI is InChI=1S/C10H19NO2/c11-9-1-4-10(12,5-2-9)8-3-6-13-7-8/h8-9,12H,1-7,11H2. The average molecular weight is 185 g/mol. The van der Waals surface area contributed by atoms with Crippen LogP contribution in [0, 0.1) is 5.92 Å². The zero-order valence-corrected chi connectivity index (χ0v) is 8.04. The minimum atomic E-state index is -0.466. The van der Waals surface area contributed by atoms with Gasteiger partial charge >= 0.3 is 0 Å². The van der Waals surface area contributed by atoms with Crippen molar-refractivity contribution in [3.8, 4) is 0 Å². The molecule has 0 aromatic heterocycles. The predicted octanol–water partition coefficient (Wildman–Crippen LogP) is 0.655. The topological polar surface area (TPSA) is 55.5 Å². The van der Waals surface area contributed by atoms with Crippen molar-refractivity contribution in [1.82, 2.24) is 0 Å². The lowest BCUT2D eigenvalue weighted by molar-refractivity contribution is -0.0538. The molecule has 1 aliphatic carbocycles. The van der Waals surface area contributed by atoms with Crippen LogP contribution >= 0.6 is 0 Å². The molecule has 76 valence electrons. The fraction of sp³-hybridized carbons (Fsp3) is 1.00. The van der Waals surface area contributed by atoms with E-state index in [9.17, 15) is 5.11 Å². The normalized spacial score (nSPS) is 46.6. The van der Waals surface area contributed by atoms with Gasteiger partial charge in [-0.15, -0.1) is 0 Å². The van der Waals surface area contributed by atoms with E-state index in [2.05, 4.69) is 0 Å². The molecule has 3 heteroatoms. The summed E-state index contributed by atoms with van der Waals surface area (Å²) in [6.45, 7) is 1.56. The molecule has 1 unspecified atom stereocenters. The first-order valence-electron chi connectivity index (χ1n) is 5.26. The zero-order valence-electron chi connectivity index (χ0n) is 8.04. The van der Waals surface area contributed by atoms with Gasteiger partial charge < -0.3 is 15.6 Å². The summed E-state index contributed by atoms with van der Waals surface area (Å²) in [5.41, 5.74) is 5.35. The molecule has 2 fully saturated rings. The van der Waals surface area contributed by atoms with Gasteiger partial charge in [0.15, 0.2) is 0 Å². The summed E-state index contributed by atoms with van der Waals surface area (Å²) in [5, 5.41) is 10.4. The Kier molecular flexibility index (Phi) is 2.58. The number of hydrogen-bond acceptors (Lipinski definition) is 3. The van der Waals surface area contributed by atoms with Crippen molar-refractivity contribution in [3.63, 3.8) is 0 Å². The molecule has 3 nitrogen and oxygen atoms in total. The molecule has 0 aromatic carbocycles. The number of hydrogen-bond donors (Lipinski definition) is 2. The average Bonchev–Trinajstić information content (AvgIpc) is 2.63. The molecule has 1 atom stereocenters. The maximum atomic E-state index is 10.4. The maximum Gasteiger partial charge on any atom is 0.0699 e. The fourth-order valence-corrected chi connectivity index (χ4v) is 2.51. The van der Waals surface area contributed by atoms with E-state index in [1.807, 2.05) is 0 Å². The molecular formula is C10H19NO2.